The van der Waals surface area contributed by atoms with E-state index in [1.165, 1.54) is 6.07 Å². The highest BCUT2D eigenvalue weighted by Crippen LogP contribution is 2.32. The van der Waals surface area contributed by atoms with E-state index >= 15 is 0 Å². The van der Waals surface area contributed by atoms with Crippen LogP contribution in [0.4, 0.5) is 11.5 Å². The van der Waals surface area contributed by atoms with Crippen molar-refractivity contribution in [1.29, 1.82) is 0 Å². The number of rotatable bonds is 5. The first-order valence-corrected chi connectivity index (χ1v) is 8.10. The Morgan fingerprint density at radius 3 is 2.70 bits per heavy atom. The molecule has 0 aliphatic heterocycles. The Hall–Kier alpha value is -3.81. The van der Waals surface area contributed by atoms with Crippen molar-refractivity contribution in [2.75, 3.05) is 19.5 Å². The summed E-state index contributed by atoms with van der Waals surface area (Å²) in [4.78, 5) is 16.8. The van der Waals surface area contributed by atoms with Gasteiger partial charge in [0.05, 0.1) is 31.4 Å². The number of aromatic amines is 1. The molecule has 0 radical (unpaired) electrons. The van der Waals surface area contributed by atoms with Crippen molar-refractivity contribution < 1.29 is 13.9 Å². The summed E-state index contributed by atoms with van der Waals surface area (Å²) >= 11 is 0. The number of H-pyrrole nitrogens is 1. The van der Waals surface area contributed by atoms with Crippen LogP contribution in [0, 0.1) is 0 Å². The Bertz CT molecular complexity index is 1150. The molecule has 4 rings (SSSR count). The number of methoxy groups -OCH3 is 2. The van der Waals surface area contributed by atoms with Crippen molar-refractivity contribution in [1.82, 2.24) is 15.2 Å². The summed E-state index contributed by atoms with van der Waals surface area (Å²) in [6.07, 6.45) is 4.80. The van der Waals surface area contributed by atoms with Crippen molar-refractivity contribution in [3.8, 4) is 22.8 Å². The zero-order valence-electron chi connectivity index (χ0n) is 14.6. The number of fused-ring (bicyclic) bond motifs is 1. The SMILES string of the molecule is COc1ccc(Nc2nccc3c(=O)cc(-c4cn[nH]c4)oc23)cc1OC. The fourth-order valence-electron chi connectivity index (χ4n) is 2.75. The predicted molar refractivity (Wildman–Crippen MR) is 101 cm³/mol. The fourth-order valence-corrected chi connectivity index (χ4v) is 2.75. The van der Waals surface area contributed by atoms with Crippen molar-refractivity contribution in [3.05, 3.63) is 59.1 Å². The van der Waals surface area contributed by atoms with Crippen LogP contribution in [0.15, 0.2) is 58.1 Å². The summed E-state index contributed by atoms with van der Waals surface area (Å²) in [5, 5.41) is 10.2. The zero-order valence-corrected chi connectivity index (χ0v) is 14.6. The number of benzene rings is 1. The van der Waals surface area contributed by atoms with Gasteiger partial charge in [0.25, 0.3) is 0 Å². The maximum absolute atomic E-state index is 12.5. The molecule has 0 amide bonds. The van der Waals surface area contributed by atoms with Gasteiger partial charge in [0.2, 0.25) is 0 Å². The van der Waals surface area contributed by atoms with E-state index in [2.05, 4.69) is 20.5 Å². The molecule has 2 N–H and O–H groups in total. The third-order valence-corrected chi connectivity index (χ3v) is 4.07. The molecule has 0 saturated carbocycles. The quantitative estimate of drug-likeness (QED) is 0.560. The van der Waals surface area contributed by atoms with Crippen LogP contribution in [0.3, 0.4) is 0 Å². The van der Waals surface area contributed by atoms with Crippen LogP contribution in [0.1, 0.15) is 0 Å². The summed E-state index contributed by atoms with van der Waals surface area (Å²) in [6, 6.07) is 8.43. The predicted octanol–water partition coefficient (Wildman–Crippen LogP) is 3.34. The van der Waals surface area contributed by atoms with Crippen LogP contribution in [-0.2, 0) is 0 Å². The van der Waals surface area contributed by atoms with Gasteiger partial charge in [-0.3, -0.25) is 9.89 Å². The topological polar surface area (TPSA) is 102 Å². The highest BCUT2D eigenvalue weighted by Gasteiger charge is 2.13. The molecule has 8 nitrogen and oxygen atoms in total. The Kier molecular flexibility index (Phi) is 4.21. The largest absolute Gasteiger partial charge is 0.493 e. The molecular formula is C19H16N4O4. The summed E-state index contributed by atoms with van der Waals surface area (Å²) in [5.41, 5.74) is 1.58. The molecule has 8 heteroatoms. The number of ether oxygens (including phenoxy) is 2. The molecule has 0 bridgehead atoms. The lowest BCUT2D eigenvalue weighted by Crippen LogP contribution is -2.03. The van der Waals surface area contributed by atoms with Crippen molar-refractivity contribution in [3.63, 3.8) is 0 Å². The minimum Gasteiger partial charge on any atom is -0.493 e. The van der Waals surface area contributed by atoms with Gasteiger partial charge in [0.15, 0.2) is 28.3 Å². The summed E-state index contributed by atoms with van der Waals surface area (Å²) in [6.45, 7) is 0. The fraction of sp³-hybridized carbons (Fsp3) is 0.105. The second-order valence-electron chi connectivity index (χ2n) is 5.69. The van der Waals surface area contributed by atoms with Crippen LogP contribution < -0.4 is 20.2 Å². The zero-order chi connectivity index (χ0) is 18.8. The lowest BCUT2D eigenvalue weighted by molar-refractivity contribution is 0.355. The lowest BCUT2D eigenvalue weighted by Gasteiger charge is -2.12. The maximum Gasteiger partial charge on any atom is 0.193 e. The van der Waals surface area contributed by atoms with Crippen LogP contribution in [0.25, 0.3) is 22.3 Å². The number of hydrogen-bond acceptors (Lipinski definition) is 7. The molecule has 0 unspecified atom stereocenters. The van der Waals surface area contributed by atoms with Crippen LogP contribution in [0.2, 0.25) is 0 Å². The van der Waals surface area contributed by atoms with E-state index in [9.17, 15) is 4.79 Å². The lowest BCUT2D eigenvalue weighted by atomic mass is 10.2. The second kappa shape index (κ2) is 6.83. The van der Waals surface area contributed by atoms with Crippen LogP contribution in [0.5, 0.6) is 11.5 Å². The van der Waals surface area contributed by atoms with E-state index in [4.69, 9.17) is 13.9 Å². The Labute approximate surface area is 153 Å². The van der Waals surface area contributed by atoms with E-state index < -0.39 is 0 Å². The van der Waals surface area contributed by atoms with Gasteiger partial charge < -0.3 is 19.2 Å². The Balaban J connectivity index is 1.81. The molecule has 0 spiro atoms. The molecule has 136 valence electrons. The molecule has 0 atom stereocenters. The van der Waals surface area contributed by atoms with Gasteiger partial charge in [-0.25, -0.2) is 4.98 Å². The number of pyridine rings is 1. The summed E-state index contributed by atoms with van der Waals surface area (Å²) in [5.74, 6) is 2.01. The molecule has 4 aromatic rings. The molecule has 3 heterocycles. The van der Waals surface area contributed by atoms with E-state index in [-0.39, 0.29) is 5.43 Å². The minimum absolute atomic E-state index is 0.162. The Morgan fingerprint density at radius 2 is 1.96 bits per heavy atom. The molecule has 1 aromatic carbocycles. The maximum atomic E-state index is 12.5. The third-order valence-electron chi connectivity index (χ3n) is 4.07. The van der Waals surface area contributed by atoms with Gasteiger partial charge in [-0.2, -0.15) is 5.10 Å². The van der Waals surface area contributed by atoms with Crippen molar-refractivity contribution >= 4 is 22.5 Å². The average molecular weight is 364 g/mol. The first kappa shape index (κ1) is 16.6. The summed E-state index contributed by atoms with van der Waals surface area (Å²) < 4.78 is 16.5. The van der Waals surface area contributed by atoms with E-state index in [0.29, 0.717) is 45.3 Å². The van der Waals surface area contributed by atoms with Gasteiger partial charge in [-0.1, -0.05) is 0 Å². The van der Waals surface area contributed by atoms with Crippen molar-refractivity contribution in [2.24, 2.45) is 0 Å². The third kappa shape index (κ3) is 3.08. The van der Waals surface area contributed by atoms with Gasteiger partial charge >= 0.3 is 0 Å². The highest BCUT2D eigenvalue weighted by molar-refractivity contribution is 5.89. The number of nitrogens with one attached hydrogen (secondary N) is 2. The first-order valence-electron chi connectivity index (χ1n) is 8.10. The molecule has 0 aliphatic carbocycles. The molecule has 3 aromatic heterocycles. The molecule has 0 fully saturated rings. The Morgan fingerprint density at radius 1 is 1.11 bits per heavy atom. The van der Waals surface area contributed by atoms with E-state index in [1.54, 1.807) is 51.0 Å². The number of hydrogen-bond donors (Lipinski definition) is 2. The van der Waals surface area contributed by atoms with E-state index in [1.807, 2.05) is 6.07 Å². The van der Waals surface area contributed by atoms with Crippen LogP contribution in [-0.4, -0.2) is 29.4 Å². The van der Waals surface area contributed by atoms with Gasteiger partial charge in [-0.15, -0.1) is 0 Å². The molecule has 0 saturated heterocycles. The monoisotopic (exact) mass is 364 g/mol. The standard InChI is InChI=1S/C19H16N4O4/c1-25-15-4-3-12(7-17(15)26-2)23-19-18-13(5-6-20-19)14(24)8-16(27-18)11-9-21-22-10-11/h3-10H,1-2H3,(H,20,23)(H,21,22). The smallest absolute Gasteiger partial charge is 0.193 e. The normalized spacial score (nSPS) is 10.7. The number of anilines is 2. The van der Waals surface area contributed by atoms with E-state index in [0.717, 1.165) is 0 Å². The molecule has 0 aliphatic rings. The van der Waals surface area contributed by atoms with Gasteiger partial charge in [0, 0.05) is 30.2 Å². The van der Waals surface area contributed by atoms with Crippen molar-refractivity contribution in [2.45, 2.75) is 0 Å². The molecule has 27 heavy (non-hydrogen) atoms. The highest BCUT2D eigenvalue weighted by atomic mass is 16.5. The van der Waals surface area contributed by atoms with Gasteiger partial charge in [-0.05, 0) is 18.2 Å². The first-order chi connectivity index (χ1) is 13.2. The number of nitrogens with zero attached hydrogens (tertiary/aromatic N) is 2. The molecular weight excluding hydrogens is 348 g/mol. The average Bonchev–Trinajstić information content (AvgIpc) is 3.23. The minimum atomic E-state index is -0.162. The summed E-state index contributed by atoms with van der Waals surface area (Å²) in [7, 11) is 3.14. The van der Waals surface area contributed by atoms with Crippen LogP contribution >= 0.6 is 0 Å². The second-order valence-corrected chi connectivity index (χ2v) is 5.69. The van der Waals surface area contributed by atoms with Gasteiger partial charge in [0.1, 0.15) is 5.76 Å². The number of aromatic nitrogens is 3.